The fourth-order valence-electron chi connectivity index (χ4n) is 2.81. The quantitative estimate of drug-likeness (QED) is 0.478. The number of aromatic carboxylic acids is 2. The molecule has 0 aliphatic carbocycles. The Hall–Kier alpha value is -3.86. The van der Waals surface area contributed by atoms with Gasteiger partial charge in [0.15, 0.2) is 0 Å². The molecule has 4 rings (SSSR count). The molecule has 0 saturated heterocycles. The Morgan fingerprint density at radius 2 is 1.11 bits per heavy atom. The Morgan fingerprint density at radius 3 is 1.74 bits per heavy atom. The van der Waals surface area contributed by atoms with Gasteiger partial charge < -0.3 is 15.3 Å². The van der Waals surface area contributed by atoms with Gasteiger partial charge in [-0.15, -0.1) is 0 Å². The number of aromatic hydroxyl groups is 1. The largest absolute Gasteiger partial charge is 0.507 e. The summed E-state index contributed by atoms with van der Waals surface area (Å²) in [4.78, 5) is 21.5. The van der Waals surface area contributed by atoms with Crippen molar-refractivity contribution in [1.82, 2.24) is 0 Å². The van der Waals surface area contributed by atoms with Crippen molar-refractivity contribution in [3.8, 4) is 5.75 Å². The van der Waals surface area contributed by atoms with E-state index in [-0.39, 0.29) is 11.3 Å². The van der Waals surface area contributed by atoms with Crippen LogP contribution in [0.4, 0.5) is 0 Å². The summed E-state index contributed by atoms with van der Waals surface area (Å²) in [5, 5.41) is 30.4. The molecule has 0 aliphatic heterocycles. The highest BCUT2D eigenvalue weighted by Crippen LogP contribution is 2.24. The fraction of sp³-hybridized carbons (Fsp3) is 0. The van der Waals surface area contributed by atoms with Gasteiger partial charge in [-0.05, 0) is 39.7 Å². The van der Waals surface area contributed by atoms with Crippen LogP contribution in [0.5, 0.6) is 5.75 Å². The average molecular weight is 360 g/mol. The molecule has 0 spiro atoms. The molecule has 5 heteroatoms. The zero-order valence-corrected chi connectivity index (χ0v) is 14.2. The summed E-state index contributed by atoms with van der Waals surface area (Å²) in [7, 11) is 0. The third kappa shape index (κ3) is 3.88. The highest BCUT2D eigenvalue weighted by Gasteiger charge is 2.10. The number of rotatable bonds is 2. The normalized spacial score (nSPS) is 10.2. The number of fused-ring (bicyclic) bond motifs is 2. The molecule has 0 atom stereocenters. The van der Waals surface area contributed by atoms with Gasteiger partial charge in [0.05, 0.1) is 5.56 Å². The number of hydrogen-bond acceptors (Lipinski definition) is 3. The zero-order chi connectivity index (χ0) is 19.4. The number of phenols is 1. The maximum absolute atomic E-state index is 10.8. The van der Waals surface area contributed by atoms with Crippen LogP contribution >= 0.6 is 0 Å². The molecule has 4 aromatic carbocycles. The van der Waals surface area contributed by atoms with Crippen molar-refractivity contribution in [3.05, 3.63) is 90.0 Å². The Bertz CT molecular complexity index is 1140. The molecule has 134 valence electrons. The summed E-state index contributed by atoms with van der Waals surface area (Å²) in [6.45, 7) is 0. The molecule has 0 fully saturated rings. The van der Waals surface area contributed by atoms with Crippen molar-refractivity contribution in [2.45, 2.75) is 0 Å². The van der Waals surface area contributed by atoms with Gasteiger partial charge in [0.2, 0.25) is 0 Å². The van der Waals surface area contributed by atoms with E-state index in [2.05, 4.69) is 0 Å². The predicted molar refractivity (Wildman–Crippen MR) is 103 cm³/mol. The van der Waals surface area contributed by atoms with E-state index < -0.39 is 11.9 Å². The van der Waals surface area contributed by atoms with Gasteiger partial charge in [0.1, 0.15) is 11.3 Å². The lowest BCUT2D eigenvalue weighted by atomic mass is 10.1. The summed E-state index contributed by atoms with van der Waals surface area (Å²) in [6.07, 6.45) is 0. The molecular weight excluding hydrogens is 344 g/mol. The molecule has 4 aromatic rings. The minimum absolute atomic E-state index is 0.0660. The van der Waals surface area contributed by atoms with Crippen LogP contribution in [-0.4, -0.2) is 27.3 Å². The van der Waals surface area contributed by atoms with Crippen LogP contribution in [-0.2, 0) is 0 Å². The van der Waals surface area contributed by atoms with Crippen molar-refractivity contribution in [2.24, 2.45) is 0 Å². The molecule has 0 amide bonds. The van der Waals surface area contributed by atoms with Gasteiger partial charge in [0, 0.05) is 0 Å². The van der Waals surface area contributed by atoms with Crippen molar-refractivity contribution >= 4 is 33.5 Å². The lowest BCUT2D eigenvalue weighted by molar-refractivity contribution is 0.0685. The van der Waals surface area contributed by atoms with E-state index in [9.17, 15) is 14.7 Å². The van der Waals surface area contributed by atoms with Gasteiger partial charge in [0.25, 0.3) is 0 Å². The van der Waals surface area contributed by atoms with E-state index in [0.717, 1.165) is 21.5 Å². The Morgan fingerprint density at radius 1 is 0.593 bits per heavy atom. The number of benzene rings is 4. The highest BCUT2D eigenvalue weighted by molar-refractivity contribution is 6.03. The molecule has 0 radical (unpaired) electrons. The van der Waals surface area contributed by atoms with Crippen molar-refractivity contribution in [2.75, 3.05) is 0 Å². The number of carbonyl (C=O) groups is 2. The number of hydrogen-bond donors (Lipinski definition) is 3. The molecule has 0 aromatic heterocycles. The first-order valence-corrected chi connectivity index (χ1v) is 8.13. The summed E-state index contributed by atoms with van der Waals surface area (Å²) in [6, 6.07) is 22.9. The summed E-state index contributed by atoms with van der Waals surface area (Å²) in [5.74, 6) is -2.19. The van der Waals surface area contributed by atoms with Crippen LogP contribution in [0.2, 0.25) is 0 Å². The highest BCUT2D eigenvalue weighted by atomic mass is 16.4. The van der Waals surface area contributed by atoms with E-state index in [1.807, 2.05) is 48.5 Å². The molecular formula is C22H16O5. The molecule has 3 N–H and O–H groups in total. The van der Waals surface area contributed by atoms with Crippen LogP contribution in [0.15, 0.2) is 78.9 Å². The minimum Gasteiger partial charge on any atom is -0.507 e. The zero-order valence-electron chi connectivity index (χ0n) is 14.2. The second kappa shape index (κ2) is 7.58. The molecule has 5 nitrogen and oxygen atoms in total. The van der Waals surface area contributed by atoms with E-state index >= 15 is 0 Å². The standard InChI is InChI=1S/C11H8O3.C11H8O2/c12-10-6-8-4-2-1-3-7(8)5-9(10)11(13)14;12-11(13)10-7-3-5-8-4-1-2-6-9(8)10/h1-6,12H,(H,13,14);1-7H,(H,12,13). The first-order valence-electron chi connectivity index (χ1n) is 8.13. The van der Waals surface area contributed by atoms with Crippen LogP contribution in [0.25, 0.3) is 21.5 Å². The maximum atomic E-state index is 10.8. The van der Waals surface area contributed by atoms with Crippen LogP contribution < -0.4 is 0 Å². The van der Waals surface area contributed by atoms with Gasteiger partial charge >= 0.3 is 11.9 Å². The molecule has 0 saturated carbocycles. The van der Waals surface area contributed by atoms with Crippen molar-refractivity contribution < 1.29 is 24.9 Å². The van der Waals surface area contributed by atoms with Gasteiger partial charge in [-0.1, -0.05) is 60.7 Å². The number of carboxylic acid groups (broad SMARTS) is 2. The van der Waals surface area contributed by atoms with E-state index in [1.165, 1.54) is 12.1 Å². The van der Waals surface area contributed by atoms with Crippen molar-refractivity contribution in [3.63, 3.8) is 0 Å². The van der Waals surface area contributed by atoms with Crippen molar-refractivity contribution in [1.29, 1.82) is 0 Å². The first kappa shape index (κ1) is 17.9. The molecule has 27 heavy (non-hydrogen) atoms. The lowest BCUT2D eigenvalue weighted by Crippen LogP contribution is -1.96. The van der Waals surface area contributed by atoms with Crippen LogP contribution in [0.1, 0.15) is 20.7 Å². The molecule has 0 heterocycles. The summed E-state index contributed by atoms with van der Waals surface area (Å²) in [5.41, 5.74) is 0.293. The van der Waals surface area contributed by atoms with E-state index in [4.69, 9.17) is 10.2 Å². The topological polar surface area (TPSA) is 94.8 Å². The molecule has 0 unspecified atom stereocenters. The second-order valence-corrected chi connectivity index (χ2v) is 5.85. The molecule has 0 bridgehead atoms. The Balaban J connectivity index is 0.000000156. The minimum atomic E-state index is -1.12. The van der Waals surface area contributed by atoms with Gasteiger partial charge in [-0.25, -0.2) is 9.59 Å². The number of carboxylic acids is 2. The fourth-order valence-corrected chi connectivity index (χ4v) is 2.81. The maximum Gasteiger partial charge on any atom is 0.339 e. The Kier molecular flexibility index (Phi) is 5.04. The van der Waals surface area contributed by atoms with E-state index in [1.54, 1.807) is 18.2 Å². The third-order valence-electron chi connectivity index (χ3n) is 4.11. The summed E-state index contributed by atoms with van der Waals surface area (Å²) < 4.78 is 0. The smallest absolute Gasteiger partial charge is 0.339 e. The predicted octanol–water partition coefficient (Wildman–Crippen LogP) is 4.78. The second-order valence-electron chi connectivity index (χ2n) is 5.85. The first-order chi connectivity index (χ1) is 13.0. The van der Waals surface area contributed by atoms with Gasteiger partial charge in [-0.2, -0.15) is 0 Å². The van der Waals surface area contributed by atoms with E-state index in [0.29, 0.717) is 5.56 Å². The lowest BCUT2D eigenvalue weighted by Gasteiger charge is -2.02. The van der Waals surface area contributed by atoms with Crippen LogP contribution in [0, 0.1) is 0 Å². The molecule has 0 aliphatic rings. The average Bonchev–Trinajstić information content (AvgIpc) is 2.67. The SMILES string of the molecule is O=C(O)c1cc2ccccc2cc1O.O=C(O)c1cccc2ccccc12. The Labute approximate surface area is 154 Å². The van der Waals surface area contributed by atoms with Crippen LogP contribution in [0.3, 0.4) is 0 Å². The third-order valence-corrected chi connectivity index (χ3v) is 4.11. The van der Waals surface area contributed by atoms with Gasteiger partial charge in [-0.3, -0.25) is 0 Å². The summed E-state index contributed by atoms with van der Waals surface area (Å²) >= 11 is 0. The monoisotopic (exact) mass is 360 g/mol.